The monoisotopic (exact) mass is 273 g/mol. The number of carbonyl (C=O) groups is 1. The number of thioether (sulfide) groups is 1. The number of rotatable bonds is 2. The highest BCUT2D eigenvalue weighted by Gasteiger charge is 2.45. The maximum absolute atomic E-state index is 13.2. The van der Waals surface area contributed by atoms with Gasteiger partial charge in [0.25, 0.3) is 0 Å². The lowest BCUT2D eigenvalue weighted by Crippen LogP contribution is -2.43. The third kappa shape index (κ3) is 2.35. The summed E-state index contributed by atoms with van der Waals surface area (Å²) in [6.45, 7) is 3.62. The predicted molar refractivity (Wildman–Crippen MR) is 65.3 cm³/mol. The molecule has 0 aromatic heterocycles. The number of halogens is 2. The van der Waals surface area contributed by atoms with E-state index in [9.17, 15) is 13.6 Å². The smallest absolute Gasteiger partial charge is 0.322 e. The molecule has 0 saturated carbocycles. The molecule has 98 valence electrons. The Morgan fingerprint density at radius 2 is 2.06 bits per heavy atom. The van der Waals surface area contributed by atoms with Gasteiger partial charge in [0, 0.05) is 4.75 Å². The topological polar surface area (TPSA) is 49.3 Å². The molecule has 0 aliphatic carbocycles. The maximum Gasteiger partial charge on any atom is 0.322 e. The van der Waals surface area contributed by atoms with E-state index in [1.54, 1.807) is 0 Å². The number of hydrogen-bond donors (Lipinski definition) is 2. The lowest BCUT2D eigenvalue weighted by molar-refractivity contribution is -0.139. The second kappa shape index (κ2) is 4.51. The number of benzene rings is 1. The third-order valence-electron chi connectivity index (χ3n) is 2.93. The molecule has 2 rings (SSSR count). The Hall–Kier alpha value is -1.14. The zero-order chi connectivity index (χ0) is 13.5. The van der Waals surface area contributed by atoms with Crippen LogP contribution in [0.25, 0.3) is 0 Å². The summed E-state index contributed by atoms with van der Waals surface area (Å²) in [4.78, 5) is 11.1. The average Bonchev–Trinajstić information content (AvgIpc) is 2.58. The van der Waals surface area contributed by atoms with Gasteiger partial charge in [0.1, 0.15) is 6.04 Å². The van der Waals surface area contributed by atoms with E-state index in [2.05, 4.69) is 5.32 Å². The lowest BCUT2D eigenvalue weighted by atomic mass is 10.0. The summed E-state index contributed by atoms with van der Waals surface area (Å²) in [5, 5.41) is 11.7. The van der Waals surface area contributed by atoms with Gasteiger partial charge in [0.2, 0.25) is 0 Å². The molecule has 18 heavy (non-hydrogen) atoms. The van der Waals surface area contributed by atoms with Crippen LogP contribution in [-0.4, -0.2) is 21.9 Å². The van der Waals surface area contributed by atoms with E-state index in [0.29, 0.717) is 5.56 Å². The molecule has 0 bridgehead atoms. The van der Waals surface area contributed by atoms with Crippen molar-refractivity contribution in [3.8, 4) is 0 Å². The summed E-state index contributed by atoms with van der Waals surface area (Å²) in [5.41, 5.74) is 0.538. The van der Waals surface area contributed by atoms with E-state index in [4.69, 9.17) is 5.11 Å². The van der Waals surface area contributed by atoms with Crippen molar-refractivity contribution >= 4 is 17.7 Å². The summed E-state index contributed by atoms with van der Waals surface area (Å²) in [5.74, 6) is -2.78. The van der Waals surface area contributed by atoms with Gasteiger partial charge in [0.15, 0.2) is 11.6 Å². The van der Waals surface area contributed by atoms with Crippen molar-refractivity contribution < 1.29 is 18.7 Å². The molecular formula is C12H13F2NO2S. The molecule has 1 fully saturated rings. The molecule has 6 heteroatoms. The predicted octanol–water partition coefficient (Wildman–Crippen LogP) is 2.53. The summed E-state index contributed by atoms with van der Waals surface area (Å²) < 4.78 is 25.5. The van der Waals surface area contributed by atoms with Crippen molar-refractivity contribution in [1.82, 2.24) is 5.32 Å². The minimum Gasteiger partial charge on any atom is -0.480 e. The van der Waals surface area contributed by atoms with Crippen molar-refractivity contribution in [1.29, 1.82) is 0 Å². The Kier molecular flexibility index (Phi) is 3.33. The molecular weight excluding hydrogens is 260 g/mol. The second-order valence-corrected chi connectivity index (χ2v) is 6.47. The van der Waals surface area contributed by atoms with Crippen LogP contribution >= 0.6 is 11.8 Å². The van der Waals surface area contributed by atoms with E-state index in [1.807, 2.05) is 13.8 Å². The van der Waals surface area contributed by atoms with Crippen molar-refractivity contribution in [3.63, 3.8) is 0 Å². The van der Waals surface area contributed by atoms with Gasteiger partial charge in [-0.2, -0.15) is 0 Å². The highest BCUT2D eigenvalue weighted by molar-refractivity contribution is 8.01. The highest BCUT2D eigenvalue weighted by atomic mass is 32.2. The summed E-state index contributed by atoms with van der Waals surface area (Å²) >= 11 is 1.39. The molecule has 2 atom stereocenters. The van der Waals surface area contributed by atoms with Crippen LogP contribution in [0.1, 0.15) is 24.8 Å². The zero-order valence-electron chi connectivity index (χ0n) is 9.91. The minimum absolute atomic E-state index is 0.351. The zero-order valence-corrected chi connectivity index (χ0v) is 10.7. The standard InChI is InChI=1S/C12H13F2NO2S/c1-12(2)9(11(16)17)15-10(18-12)6-3-4-7(13)8(14)5-6/h3-5,9-10,15H,1-2H3,(H,16,17)/t9-,10?/m0/s1. The van der Waals surface area contributed by atoms with E-state index in [0.717, 1.165) is 12.1 Å². The first-order valence-electron chi connectivity index (χ1n) is 5.43. The fourth-order valence-corrected chi connectivity index (χ4v) is 3.37. The minimum atomic E-state index is -0.947. The third-order valence-corrected chi connectivity index (χ3v) is 4.42. The molecule has 3 nitrogen and oxygen atoms in total. The van der Waals surface area contributed by atoms with Gasteiger partial charge in [-0.3, -0.25) is 10.1 Å². The van der Waals surface area contributed by atoms with Crippen molar-refractivity contribution in [2.45, 2.75) is 30.0 Å². The van der Waals surface area contributed by atoms with E-state index < -0.39 is 28.4 Å². The van der Waals surface area contributed by atoms with Crippen LogP contribution < -0.4 is 5.32 Å². The van der Waals surface area contributed by atoms with Crippen LogP contribution in [0.15, 0.2) is 18.2 Å². The van der Waals surface area contributed by atoms with Crippen molar-refractivity contribution in [2.75, 3.05) is 0 Å². The second-order valence-electron chi connectivity index (χ2n) is 4.71. The largest absolute Gasteiger partial charge is 0.480 e. The summed E-state index contributed by atoms with van der Waals surface area (Å²) in [6.07, 6.45) is 0. The van der Waals surface area contributed by atoms with E-state index in [-0.39, 0.29) is 5.37 Å². The van der Waals surface area contributed by atoms with Gasteiger partial charge in [-0.05, 0) is 31.5 Å². The first-order chi connectivity index (χ1) is 8.31. The normalized spacial score (nSPS) is 26.2. The fraction of sp³-hybridized carbons (Fsp3) is 0.417. The number of carboxylic acids is 1. The molecule has 1 aromatic rings. The summed E-state index contributed by atoms with van der Waals surface area (Å²) in [7, 11) is 0. The average molecular weight is 273 g/mol. The Labute approximate surface area is 108 Å². The van der Waals surface area contributed by atoms with Crippen LogP contribution in [0.5, 0.6) is 0 Å². The SMILES string of the molecule is CC1(C)SC(c2ccc(F)c(F)c2)N[C@H]1C(=O)O. The Morgan fingerprint density at radius 3 is 2.56 bits per heavy atom. The maximum atomic E-state index is 13.2. The molecule has 0 radical (unpaired) electrons. The van der Waals surface area contributed by atoms with Crippen LogP contribution in [0.2, 0.25) is 0 Å². The van der Waals surface area contributed by atoms with Gasteiger partial charge in [0.05, 0.1) is 5.37 Å². The summed E-state index contributed by atoms with van der Waals surface area (Å²) in [6, 6.07) is 2.89. The molecule has 0 amide bonds. The Morgan fingerprint density at radius 1 is 1.39 bits per heavy atom. The van der Waals surface area contributed by atoms with Crippen molar-refractivity contribution in [3.05, 3.63) is 35.4 Å². The van der Waals surface area contributed by atoms with Gasteiger partial charge in [-0.25, -0.2) is 8.78 Å². The van der Waals surface area contributed by atoms with Crippen LogP contribution in [0, 0.1) is 11.6 Å². The molecule has 1 aromatic carbocycles. The van der Waals surface area contributed by atoms with Gasteiger partial charge in [-0.15, -0.1) is 11.8 Å². The Bertz CT molecular complexity index is 493. The number of nitrogens with one attached hydrogen (secondary N) is 1. The van der Waals surface area contributed by atoms with E-state index >= 15 is 0 Å². The molecule has 0 spiro atoms. The molecule has 2 N–H and O–H groups in total. The van der Waals surface area contributed by atoms with Crippen LogP contribution in [0.3, 0.4) is 0 Å². The van der Waals surface area contributed by atoms with E-state index in [1.165, 1.54) is 17.8 Å². The molecule has 1 unspecified atom stereocenters. The molecule has 1 aliphatic heterocycles. The number of aliphatic carboxylic acids is 1. The first-order valence-corrected chi connectivity index (χ1v) is 6.31. The fourth-order valence-electron chi connectivity index (χ4n) is 1.97. The molecule has 1 saturated heterocycles. The van der Waals surface area contributed by atoms with Gasteiger partial charge >= 0.3 is 5.97 Å². The molecule has 1 aliphatic rings. The Balaban J connectivity index is 2.26. The number of hydrogen-bond acceptors (Lipinski definition) is 3. The van der Waals surface area contributed by atoms with Gasteiger partial charge in [-0.1, -0.05) is 6.07 Å². The lowest BCUT2D eigenvalue weighted by Gasteiger charge is -2.20. The first kappa shape index (κ1) is 13.3. The van der Waals surface area contributed by atoms with Crippen LogP contribution in [0.4, 0.5) is 8.78 Å². The van der Waals surface area contributed by atoms with Gasteiger partial charge < -0.3 is 5.11 Å². The highest BCUT2D eigenvalue weighted by Crippen LogP contribution is 2.45. The molecule has 1 heterocycles. The quantitative estimate of drug-likeness (QED) is 0.869. The van der Waals surface area contributed by atoms with Crippen LogP contribution in [-0.2, 0) is 4.79 Å². The number of carboxylic acid groups (broad SMARTS) is 1. The van der Waals surface area contributed by atoms with Crippen molar-refractivity contribution in [2.24, 2.45) is 0 Å².